The van der Waals surface area contributed by atoms with Crippen molar-refractivity contribution in [3.63, 3.8) is 0 Å². The minimum atomic E-state index is -0.444. The van der Waals surface area contributed by atoms with Crippen LogP contribution in [0.15, 0.2) is 66.7 Å². The highest BCUT2D eigenvalue weighted by molar-refractivity contribution is 5.72. The van der Waals surface area contributed by atoms with E-state index in [0.717, 1.165) is 11.1 Å². The highest BCUT2D eigenvalue weighted by Gasteiger charge is 2.13. The van der Waals surface area contributed by atoms with Crippen LogP contribution in [-0.2, 0) is 16.0 Å². The van der Waals surface area contributed by atoms with Gasteiger partial charge in [-0.2, -0.15) is 0 Å². The smallest absolute Gasteiger partial charge is 0.131 e. The van der Waals surface area contributed by atoms with E-state index in [1.54, 1.807) is 43.5 Å². The largest absolute Gasteiger partial charge is 0.491 e. The summed E-state index contributed by atoms with van der Waals surface area (Å²) in [4.78, 5) is 8.00. The molecule has 6 heteroatoms. The van der Waals surface area contributed by atoms with Crippen molar-refractivity contribution in [2.75, 3.05) is 26.9 Å². The second kappa shape index (κ2) is 15.5. The lowest BCUT2D eigenvalue weighted by molar-refractivity contribution is -0.0980. The first-order valence-corrected chi connectivity index (χ1v) is 11.1. The molecule has 4 nitrogen and oxygen atoms in total. The van der Waals surface area contributed by atoms with E-state index in [1.807, 2.05) is 33.6 Å². The SMILES string of the molecule is C=C(C)C.C=O.COCCOc1cc(-c2ccc(-c3ccc(C)cc3F)cc2F)ccc1CCO. The Morgan fingerprint density at radius 2 is 1.43 bits per heavy atom. The minimum absolute atomic E-state index is 0.00877. The molecule has 3 aromatic rings. The molecule has 188 valence electrons. The van der Waals surface area contributed by atoms with Crippen LogP contribution in [0.5, 0.6) is 5.75 Å². The summed E-state index contributed by atoms with van der Waals surface area (Å²) < 4.78 is 39.9. The maximum Gasteiger partial charge on any atom is 0.131 e. The van der Waals surface area contributed by atoms with Crippen LogP contribution >= 0.6 is 0 Å². The van der Waals surface area contributed by atoms with Crippen molar-refractivity contribution in [1.82, 2.24) is 0 Å². The molecule has 0 spiro atoms. The molecule has 0 aliphatic carbocycles. The highest BCUT2D eigenvalue weighted by Crippen LogP contribution is 2.32. The molecule has 0 atom stereocenters. The predicted molar refractivity (Wildman–Crippen MR) is 138 cm³/mol. The minimum Gasteiger partial charge on any atom is -0.491 e. The number of aliphatic hydroxyl groups is 1. The number of methoxy groups -OCH3 is 1. The molecule has 35 heavy (non-hydrogen) atoms. The summed E-state index contributed by atoms with van der Waals surface area (Å²) in [5.41, 5.74) is 4.71. The molecule has 0 bridgehead atoms. The third kappa shape index (κ3) is 9.43. The first-order chi connectivity index (χ1) is 16.8. The number of aryl methyl sites for hydroxylation is 1. The van der Waals surface area contributed by atoms with Gasteiger partial charge in [0.2, 0.25) is 0 Å². The highest BCUT2D eigenvalue weighted by atomic mass is 19.1. The number of hydrogen-bond donors (Lipinski definition) is 1. The number of carbonyl (C=O) groups excluding carboxylic acids is 1. The average Bonchev–Trinajstić information content (AvgIpc) is 2.81. The molecule has 0 amide bonds. The number of allylic oxidation sites excluding steroid dienone is 1. The molecular formula is C29H34F2O4. The Balaban J connectivity index is 0.000000926. The first-order valence-electron chi connectivity index (χ1n) is 11.1. The van der Waals surface area contributed by atoms with E-state index >= 15 is 0 Å². The van der Waals surface area contributed by atoms with Crippen LogP contribution in [0.4, 0.5) is 8.78 Å². The van der Waals surface area contributed by atoms with E-state index in [2.05, 4.69) is 6.58 Å². The van der Waals surface area contributed by atoms with Gasteiger partial charge in [0, 0.05) is 24.8 Å². The third-order valence-corrected chi connectivity index (χ3v) is 4.71. The molecule has 0 heterocycles. The Kier molecular flexibility index (Phi) is 13.2. The molecule has 0 saturated carbocycles. The van der Waals surface area contributed by atoms with Gasteiger partial charge < -0.3 is 19.4 Å². The molecule has 3 rings (SSSR count). The van der Waals surface area contributed by atoms with Gasteiger partial charge in [-0.1, -0.05) is 42.0 Å². The molecule has 0 aliphatic rings. The van der Waals surface area contributed by atoms with Crippen LogP contribution < -0.4 is 4.74 Å². The fraction of sp³-hybridized carbons (Fsp3) is 0.276. The molecule has 0 unspecified atom stereocenters. The molecule has 0 fully saturated rings. The zero-order valence-electron chi connectivity index (χ0n) is 20.9. The maximum absolute atomic E-state index is 14.9. The molecule has 0 aliphatic heterocycles. The number of carbonyl (C=O) groups is 1. The Morgan fingerprint density at radius 1 is 0.886 bits per heavy atom. The first kappa shape index (κ1) is 29.7. The second-order valence-corrected chi connectivity index (χ2v) is 8.02. The van der Waals surface area contributed by atoms with E-state index in [-0.39, 0.29) is 12.4 Å². The lowest BCUT2D eigenvalue weighted by atomic mass is 9.97. The summed E-state index contributed by atoms with van der Waals surface area (Å²) in [5, 5.41) is 9.25. The van der Waals surface area contributed by atoms with Gasteiger partial charge in [0.05, 0.1) is 6.61 Å². The third-order valence-electron chi connectivity index (χ3n) is 4.71. The summed E-state index contributed by atoms with van der Waals surface area (Å²) in [6.07, 6.45) is 0.441. The van der Waals surface area contributed by atoms with Crippen molar-refractivity contribution in [2.45, 2.75) is 27.2 Å². The van der Waals surface area contributed by atoms with Gasteiger partial charge in [-0.05, 0) is 67.6 Å². The second-order valence-electron chi connectivity index (χ2n) is 8.02. The molecule has 0 aromatic heterocycles. The van der Waals surface area contributed by atoms with Crippen LogP contribution in [-0.4, -0.2) is 38.8 Å². The van der Waals surface area contributed by atoms with E-state index in [4.69, 9.17) is 14.3 Å². The normalized spacial score (nSPS) is 9.91. The zero-order valence-corrected chi connectivity index (χ0v) is 20.9. The van der Waals surface area contributed by atoms with Crippen molar-refractivity contribution in [3.05, 3.63) is 89.5 Å². The quantitative estimate of drug-likeness (QED) is 0.290. The summed E-state index contributed by atoms with van der Waals surface area (Å²) >= 11 is 0. The lowest BCUT2D eigenvalue weighted by Crippen LogP contribution is -2.07. The van der Waals surface area contributed by atoms with Gasteiger partial charge >= 0.3 is 0 Å². The fourth-order valence-electron chi connectivity index (χ4n) is 3.19. The van der Waals surface area contributed by atoms with Gasteiger partial charge in [0.1, 0.15) is 30.8 Å². The van der Waals surface area contributed by atoms with Crippen molar-refractivity contribution in [1.29, 1.82) is 0 Å². The van der Waals surface area contributed by atoms with Crippen LogP contribution in [0.25, 0.3) is 22.3 Å². The van der Waals surface area contributed by atoms with E-state index in [1.165, 1.54) is 17.7 Å². The number of ether oxygens (including phenoxy) is 2. The summed E-state index contributed by atoms with van der Waals surface area (Å²) in [7, 11) is 1.59. The summed E-state index contributed by atoms with van der Waals surface area (Å²) in [6, 6.07) is 15.0. The van der Waals surface area contributed by atoms with Crippen molar-refractivity contribution in [2.24, 2.45) is 0 Å². The van der Waals surface area contributed by atoms with E-state index in [9.17, 15) is 13.9 Å². The van der Waals surface area contributed by atoms with Gasteiger partial charge in [0.25, 0.3) is 0 Å². The van der Waals surface area contributed by atoms with E-state index in [0.29, 0.717) is 47.6 Å². The standard InChI is InChI=1S/C24H24F2O3.C4H8.CH2O/c1-16-3-7-20(22(25)13-16)18-6-8-21(23(26)14-18)19-5-4-17(9-10-27)24(15-19)29-12-11-28-2;1-4(2)3;1-2/h3-8,13-15,27H,9-12H2,1-2H3;1H2,2-3H3;1H2. The van der Waals surface area contributed by atoms with Crippen molar-refractivity contribution in [3.8, 4) is 28.0 Å². The Bertz CT molecular complexity index is 1090. The van der Waals surface area contributed by atoms with Crippen molar-refractivity contribution >= 4 is 6.79 Å². The molecule has 3 aromatic carbocycles. The molecular weight excluding hydrogens is 450 g/mol. The van der Waals surface area contributed by atoms with Crippen LogP contribution in [0, 0.1) is 18.6 Å². The lowest BCUT2D eigenvalue weighted by Gasteiger charge is -2.14. The number of aliphatic hydroxyl groups excluding tert-OH is 1. The Labute approximate surface area is 206 Å². The zero-order chi connectivity index (χ0) is 26.4. The fourth-order valence-corrected chi connectivity index (χ4v) is 3.19. The number of rotatable bonds is 8. The molecule has 0 radical (unpaired) electrons. The molecule has 0 saturated heterocycles. The summed E-state index contributed by atoms with van der Waals surface area (Å²) in [5.74, 6) is -0.235. The van der Waals surface area contributed by atoms with Crippen LogP contribution in [0.2, 0.25) is 0 Å². The monoisotopic (exact) mass is 484 g/mol. The van der Waals surface area contributed by atoms with E-state index < -0.39 is 5.82 Å². The Morgan fingerprint density at radius 3 is 1.97 bits per heavy atom. The van der Waals surface area contributed by atoms with Crippen LogP contribution in [0.1, 0.15) is 25.0 Å². The topological polar surface area (TPSA) is 55.8 Å². The van der Waals surface area contributed by atoms with Gasteiger partial charge in [-0.15, -0.1) is 6.58 Å². The van der Waals surface area contributed by atoms with Gasteiger partial charge in [-0.3, -0.25) is 0 Å². The number of benzene rings is 3. The van der Waals surface area contributed by atoms with Crippen LogP contribution in [0.3, 0.4) is 0 Å². The van der Waals surface area contributed by atoms with Crippen molar-refractivity contribution < 1.29 is 28.2 Å². The predicted octanol–water partition coefficient (Wildman–Crippen LogP) is 6.56. The van der Waals surface area contributed by atoms with Gasteiger partial charge in [0.15, 0.2) is 0 Å². The number of halogens is 2. The Hall–Kier alpha value is -3.35. The van der Waals surface area contributed by atoms with Gasteiger partial charge in [-0.25, -0.2) is 8.78 Å². The number of hydrogen-bond acceptors (Lipinski definition) is 4. The summed E-state index contributed by atoms with van der Waals surface area (Å²) in [6.45, 7) is 12.1. The molecule has 1 N–H and O–H groups in total. The average molecular weight is 485 g/mol. The maximum atomic E-state index is 14.9.